The van der Waals surface area contributed by atoms with Crippen molar-refractivity contribution >= 4 is 17.4 Å². The number of carbonyl (C=O) groups excluding carboxylic acids is 1. The molecule has 4 heterocycles. The molecule has 11 heteroatoms. The van der Waals surface area contributed by atoms with Gasteiger partial charge in [-0.05, 0) is 52.6 Å². The molecule has 2 aliphatic rings. The van der Waals surface area contributed by atoms with Crippen molar-refractivity contribution in [1.82, 2.24) is 30.1 Å². The van der Waals surface area contributed by atoms with Crippen LogP contribution in [-0.2, 0) is 4.79 Å². The van der Waals surface area contributed by atoms with Crippen LogP contribution in [-0.4, -0.2) is 83.7 Å². The van der Waals surface area contributed by atoms with E-state index in [1.165, 1.54) is 0 Å². The van der Waals surface area contributed by atoms with Crippen LogP contribution in [0.5, 0.6) is 0 Å². The van der Waals surface area contributed by atoms with Crippen molar-refractivity contribution in [2.75, 3.05) is 44.7 Å². The van der Waals surface area contributed by atoms with Gasteiger partial charge in [0.05, 0.1) is 24.3 Å². The Morgan fingerprint density at radius 3 is 2.82 bits per heavy atom. The van der Waals surface area contributed by atoms with Gasteiger partial charge >= 0.3 is 0 Å². The second-order valence-corrected chi connectivity index (χ2v) is 9.38. The fourth-order valence-electron chi connectivity index (χ4n) is 5.03. The number of anilines is 1. The number of aromatic nitrogens is 3. The molecule has 34 heavy (non-hydrogen) atoms. The van der Waals surface area contributed by atoms with Crippen LogP contribution >= 0.6 is 0 Å². The van der Waals surface area contributed by atoms with E-state index in [0.29, 0.717) is 19.5 Å². The van der Waals surface area contributed by atoms with Crippen molar-refractivity contribution < 1.29 is 13.6 Å². The minimum Gasteiger partial charge on any atom is -0.355 e. The minimum atomic E-state index is -2.40. The highest BCUT2D eigenvalue weighted by Crippen LogP contribution is 2.32. The van der Waals surface area contributed by atoms with Crippen molar-refractivity contribution in [2.24, 2.45) is 5.73 Å². The molecule has 4 N–H and O–H groups in total. The first kappa shape index (κ1) is 24.7. The van der Waals surface area contributed by atoms with Crippen molar-refractivity contribution in [3.63, 3.8) is 0 Å². The second kappa shape index (κ2) is 10.9. The molecule has 188 valence electrons. The summed E-state index contributed by atoms with van der Waals surface area (Å²) in [6, 6.07) is 1.59. The quantitative estimate of drug-likeness (QED) is 0.469. The van der Waals surface area contributed by atoms with Crippen molar-refractivity contribution in [1.29, 1.82) is 0 Å². The number of amides is 1. The van der Waals surface area contributed by atoms with E-state index in [1.54, 1.807) is 11.6 Å². The summed E-state index contributed by atoms with van der Waals surface area (Å²) in [4.78, 5) is 22.4. The van der Waals surface area contributed by atoms with Crippen LogP contribution < -0.4 is 21.3 Å². The van der Waals surface area contributed by atoms with E-state index in [1.807, 2.05) is 24.1 Å². The molecule has 2 aromatic rings. The van der Waals surface area contributed by atoms with Crippen LogP contribution in [0.15, 0.2) is 12.3 Å². The summed E-state index contributed by atoms with van der Waals surface area (Å²) in [6.45, 7) is 4.37. The van der Waals surface area contributed by atoms with E-state index in [-0.39, 0.29) is 24.5 Å². The van der Waals surface area contributed by atoms with E-state index in [2.05, 4.69) is 15.5 Å². The number of likely N-dealkylation sites (tertiary alicyclic amines) is 1. The van der Waals surface area contributed by atoms with Crippen LogP contribution in [0.2, 0.25) is 0 Å². The molecule has 2 fully saturated rings. The van der Waals surface area contributed by atoms with Crippen molar-refractivity contribution in [3.05, 3.63) is 23.5 Å². The molecular formula is C23H36F2N8O. The van der Waals surface area contributed by atoms with Crippen molar-refractivity contribution in [3.8, 4) is 0 Å². The molecular weight excluding hydrogens is 442 g/mol. The molecule has 0 aliphatic carbocycles. The first-order valence-corrected chi connectivity index (χ1v) is 12.2. The molecule has 3 atom stereocenters. The van der Waals surface area contributed by atoms with E-state index < -0.39 is 12.5 Å². The van der Waals surface area contributed by atoms with Gasteiger partial charge in [-0.1, -0.05) is 0 Å². The average Bonchev–Trinajstić information content (AvgIpc) is 3.43. The van der Waals surface area contributed by atoms with E-state index in [0.717, 1.165) is 61.5 Å². The smallest absolute Gasteiger partial charge is 0.250 e. The third-order valence-corrected chi connectivity index (χ3v) is 6.83. The van der Waals surface area contributed by atoms with Gasteiger partial charge < -0.3 is 26.2 Å². The number of fused-ring (bicyclic) bond motifs is 1. The summed E-state index contributed by atoms with van der Waals surface area (Å²) < 4.78 is 26.6. The molecule has 2 saturated heterocycles. The van der Waals surface area contributed by atoms with Crippen LogP contribution in [0.1, 0.15) is 49.4 Å². The largest absolute Gasteiger partial charge is 0.355 e. The van der Waals surface area contributed by atoms with Gasteiger partial charge in [-0.25, -0.2) is 18.3 Å². The number of nitrogens with zero attached hydrogens (tertiary/aromatic N) is 5. The molecule has 0 spiro atoms. The second-order valence-electron chi connectivity index (χ2n) is 9.38. The highest BCUT2D eigenvalue weighted by atomic mass is 19.3. The summed E-state index contributed by atoms with van der Waals surface area (Å²) in [7, 11) is 1.73. The summed E-state index contributed by atoms with van der Waals surface area (Å²) in [5.41, 5.74) is 8.73. The average molecular weight is 479 g/mol. The number of carbonyl (C=O) groups is 1. The number of rotatable bonds is 9. The minimum absolute atomic E-state index is 0.0148. The fraction of sp³-hybridized carbons (Fsp3) is 0.696. The molecule has 2 aromatic heterocycles. The number of likely N-dealkylation sites (N-methyl/N-ethyl adjacent to an activating group) is 1. The number of hydrogen-bond donors (Lipinski definition) is 3. The van der Waals surface area contributed by atoms with Gasteiger partial charge in [0.2, 0.25) is 5.91 Å². The van der Waals surface area contributed by atoms with Gasteiger partial charge in [0, 0.05) is 43.5 Å². The maximum atomic E-state index is 13.4. The monoisotopic (exact) mass is 478 g/mol. The highest BCUT2D eigenvalue weighted by Gasteiger charge is 2.33. The van der Waals surface area contributed by atoms with Crippen molar-refractivity contribution in [2.45, 2.75) is 63.6 Å². The standard InChI is InChI=1S/C23H36F2N8O/c1-15-13-33-21(29-22(15)31-10-7-16(26)14-31)11-18(30-33)19-5-3-4-9-32(19)23(34)17(27-2)6-8-28-12-20(24)25/h11,13,16-17,19-20,27-28H,3-10,12,14,26H2,1-2H3/t16-,17?,19-/m0/s1. The first-order chi connectivity index (χ1) is 16.4. The molecule has 9 nitrogen and oxygen atoms in total. The lowest BCUT2D eigenvalue weighted by atomic mass is 9.98. The summed E-state index contributed by atoms with van der Waals surface area (Å²) in [5, 5.41) is 10.6. The van der Waals surface area contributed by atoms with E-state index in [4.69, 9.17) is 15.8 Å². The summed E-state index contributed by atoms with van der Waals surface area (Å²) in [6.07, 6.45) is 3.79. The zero-order chi connectivity index (χ0) is 24.2. The van der Waals surface area contributed by atoms with Crippen LogP contribution in [0.3, 0.4) is 0 Å². The number of nitrogens with one attached hydrogen (secondary N) is 2. The lowest BCUT2D eigenvalue weighted by Gasteiger charge is -2.37. The Morgan fingerprint density at radius 2 is 2.12 bits per heavy atom. The Morgan fingerprint density at radius 1 is 1.29 bits per heavy atom. The predicted octanol–water partition coefficient (Wildman–Crippen LogP) is 1.46. The third-order valence-electron chi connectivity index (χ3n) is 6.83. The molecule has 2 aliphatic heterocycles. The van der Waals surface area contributed by atoms with Crippen LogP contribution in [0.25, 0.3) is 5.65 Å². The molecule has 0 bridgehead atoms. The number of halogens is 2. The van der Waals surface area contributed by atoms with Crippen LogP contribution in [0, 0.1) is 6.92 Å². The predicted molar refractivity (Wildman–Crippen MR) is 127 cm³/mol. The maximum Gasteiger partial charge on any atom is 0.250 e. The Labute approximate surface area is 199 Å². The zero-order valence-electron chi connectivity index (χ0n) is 20.0. The Balaban J connectivity index is 1.51. The van der Waals surface area contributed by atoms with Gasteiger partial charge in [0.15, 0.2) is 5.65 Å². The topological polar surface area (TPSA) is 104 Å². The molecule has 1 amide bonds. The summed E-state index contributed by atoms with van der Waals surface area (Å²) in [5.74, 6) is 0.925. The normalized spacial score (nSPS) is 22.2. The Kier molecular flexibility index (Phi) is 7.95. The lowest BCUT2D eigenvalue weighted by molar-refractivity contribution is -0.137. The first-order valence-electron chi connectivity index (χ1n) is 12.2. The highest BCUT2D eigenvalue weighted by molar-refractivity contribution is 5.82. The lowest BCUT2D eigenvalue weighted by Crippen LogP contribution is -2.49. The maximum absolute atomic E-state index is 13.4. The number of nitrogens with two attached hydrogens (primary N) is 1. The molecule has 0 radical (unpaired) electrons. The van der Waals surface area contributed by atoms with Gasteiger partial charge in [-0.15, -0.1) is 0 Å². The number of alkyl halides is 2. The Hall–Kier alpha value is -2.37. The van der Waals surface area contributed by atoms with Gasteiger partial charge in [-0.2, -0.15) is 5.10 Å². The van der Waals surface area contributed by atoms with Crippen LogP contribution in [0.4, 0.5) is 14.6 Å². The van der Waals surface area contributed by atoms with E-state index in [9.17, 15) is 13.6 Å². The Bertz CT molecular complexity index is 983. The van der Waals surface area contributed by atoms with Gasteiger partial charge in [0.1, 0.15) is 5.82 Å². The third kappa shape index (κ3) is 5.47. The van der Waals surface area contributed by atoms with Gasteiger partial charge in [0.25, 0.3) is 6.43 Å². The molecule has 4 rings (SSSR count). The van der Waals surface area contributed by atoms with E-state index >= 15 is 0 Å². The SMILES string of the molecule is CNC(CCNCC(F)F)C(=O)N1CCCC[C@H]1c1cc2nc(N3CC[C@H](N)C3)c(C)cn2n1. The number of aryl methyl sites for hydroxylation is 1. The number of piperidine rings is 1. The van der Waals surface area contributed by atoms with Gasteiger partial charge in [-0.3, -0.25) is 4.79 Å². The summed E-state index contributed by atoms with van der Waals surface area (Å²) >= 11 is 0. The molecule has 0 aromatic carbocycles. The zero-order valence-corrected chi connectivity index (χ0v) is 20.0. The number of hydrogen-bond acceptors (Lipinski definition) is 7. The fourth-order valence-corrected chi connectivity index (χ4v) is 5.03. The molecule has 1 unspecified atom stereocenters. The molecule has 0 saturated carbocycles.